The second-order valence-corrected chi connectivity index (χ2v) is 7.31. The Bertz CT molecular complexity index is 741. The Kier molecular flexibility index (Phi) is 5.43. The Morgan fingerprint density at radius 1 is 1.30 bits per heavy atom. The lowest BCUT2D eigenvalue weighted by atomic mass is 10.3. The number of aromatic nitrogens is 4. The number of hydrogen-bond acceptors (Lipinski definition) is 6. The standard InChI is InChI=1S/C16H18N4OS2/c1-12(22-10-13-11-23-16(17-13)9-21-2)15-8-20(19-18-15)14-6-4-3-5-7-14/h3-8,11-12H,9-10H2,1-2H3. The molecule has 0 aliphatic heterocycles. The van der Waals surface area contributed by atoms with Crippen molar-refractivity contribution in [2.45, 2.75) is 24.5 Å². The van der Waals surface area contributed by atoms with Gasteiger partial charge in [0.2, 0.25) is 0 Å². The molecule has 0 bridgehead atoms. The summed E-state index contributed by atoms with van der Waals surface area (Å²) in [7, 11) is 1.69. The Hall–Kier alpha value is -1.70. The van der Waals surface area contributed by atoms with Gasteiger partial charge in [0, 0.05) is 23.5 Å². The smallest absolute Gasteiger partial charge is 0.119 e. The number of methoxy groups -OCH3 is 1. The largest absolute Gasteiger partial charge is 0.378 e. The van der Waals surface area contributed by atoms with E-state index in [1.807, 2.05) is 53.0 Å². The molecule has 0 fully saturated rings. The fraction of sp³-hybridized carbons (Fsp3) is 0.312. The summed E-state index contributed by atoms with van der Waals surface area (Å²) in [5, 5.41) is 11.9. The van der Waals surface area contributed by atoms with Crippen molar-refractivity contribution < 1.29 is 4.74 Å². The van der Waals surface area contributed by atoms with Crippen LogP contribution in [0.2, 0.25) is 0 Å². The lowest BCUT2D eigenvalue weighted by Crippen LogP contribution is -1.93. The first-order valence-electron chi connectivity index (χ1n) is 7.27. The maximum atomic E-state index is 5.10. The topological polar surface area (TPSA) is 52.8 Å². The first kappa shape index (κ1) is 16.2. The second kappa shape index (κ2) is 7.72. The van der Waals surface area contributed by atoms with Gasteiger partial charge in [0.1, 0.15) is 5.01 Å². The Morgan fingerprint density at radius 2 is 2.13 bits per heavy atom. The zero-order valence-corrected chi connectivity index (χ0v) is 14.7. The van der Waals surface area contributed by atoms with Crippen molar-refractivity contribution in [1.29, 1.82) is 0 Å². The van der Waals surface area contributed by atoms with Crippen LogP contribution in [0.1, 0.15) is 28.6 Å². The van der Waals surface area contributed by atoms with Crippen LogP contribution >= 0.6 is 23.1 Å². The van der Waals surface area contributed by atoms with Gasteiger partial charge in [-0.2, -0.15) is 0 Å². The molecule has 0 spiro atoms. The van der Waals surface area contributed by atoms with Crippen LogP contribution in [0.4, 0.5) is 0 Å². The molecule has 3 rings (SSSR count). The van der Waals surface area contributed by atoms with Crippen LogP contribution < -0.4 is 0 Å². The molecule has 0 aliphatic carbocycles. The molecular weight excluding hydrogens is 328 g/mol. The van der Waals surface area contributed by atoms with Gasteiger partial charge in [0.15, 0.2) is 0 Å². The molecule has 0 aliphatic rings. The summed E-state index contributed by atoms with van der Waals surface area (Å²) in [6.07, 6.45) is 1.99. The minimum Gasteiger partial charge on any atom is -0.378 e. The molecule has 1 atom stereocenters. The van der Waals surface area contributed by atoms with E-state index in [-0.39, 0.29) is 5.25 Å². The van der Waals surface area contributed by atoms with Crippen LogP contribution in [-0.4, -0.2) is 27.1 Å². The third-order valence-corrected chi connectivity index (χ3v) is 5.37. The van der Waals surface area contributed by atoms with Gasteiger partial charge in [0.25, 0.3) is 0 Å². The van der Waals surface area contributed by atoms with E-state index in [9.17, 15) is 0 Å². The van der Waals surface area contributed by atoms with Crippen molar-refractivity contribution >= 4 is 23.1 Å². The van der Waals surface area contributed by atoms with E-state index in [1.54, 1.807) is 18.4 Å². The highest BCUT2D eigenvalue weighted by atomic mass is 32.2. The highest BCUT2D eigenvalue weighted by Crippen LogP contribution is 2.30. The number of thiazole rings is 1. The summed E-state index contributed by atoms with van der Waals surface area (Å²) in [4.78, 5) is 4.55. The normalized spacial score (nSPS) is 12.4. The van der Waals surface area contributed by atoms with Gasteiger partial charge in [-0.3, -0.25) is 0 Å². The van der Waals surface area contributed by atoms with Crippen molar-refractivity contribution in [3.05, 3.63) is 58.3 Å². The quantitative estimate of drug-likeness (QED) is 0.650. The molecule has 23 heavy (non-hydrogen) atoms. The SMILES string of the molecule is COCc1nc(CSC(C)c2cn(-c3ccccc3)nn2)cs1. The predicted octanol–water partition coefficient (Wildman–Crippen LogP) is 3.86. The number of thioether (sulfide) groups is 1. The van der Waals surface area contributed by atoms with Crippen molar-refractivity contribution in [2.75, 3.05) is 7.11 Å². The van der Waals surface area contributed by atoms with Crippen LogP contribution in [0.25, 0.3) is 5.69 Å². The molecule has 2 aromatic heterocycles. The third-order valence-electron chi connectivity index (χ3n) is 3.30. The van der Waals surface area contributed by atoms with Crippen LogP contribution in [0.15, 0.2) is 41.9 Å². The highest BCUT2D eigenvalue weighted by molar-refractivity contribution is 7.98. The fourth-order valence-corrected chi connectivity index (χ4v) is 3.79. The third kappa shape index (κ3) is 4.19. The Balaban J connectivity index is 1.60. The minimum atomic E-state index is 0.264. The molecule has 0 saturated heterocycles. The van der Waals surface area contributed by atoms with Gasteiger partial charge in [-0.25, -0.2) is 9.67 Å². The van der Waals surface area contributed by atoms with Crippen molar-refractivity contribution in [1.82, 2.24) is 20.0 Å². The molecule has 0 N–H and O–H groups in total. The summed E-state index contributed by atoms with van der Waals surface area (Å²) in [5.74, 6) is 0.861. The van der Waals surface area contributed by atoms with E-state index in [4.69, 9.17) is 4.74 Å². The van der Waals surface area contributed by atoms with Crippen LogP contribution in [0.5, 0.6) is 0 Å². The minimum absolute atomic E-state index is 0.264. The lowest BCUT2D eigenvalue weighted by Gasteiger charge is -2.06. The molecule has 0 amide bonds. The number of ether oxygens (including phenoxy) is 1. The summed E-state index contributed by atoms with van der Waals surface area (Å²) >= 11 is 3.45. The fourth-order valence-electron chi connectivity index (χ4n) is 2.07. The van der Waals surface area contributed by atoms with E-state index in [1.165, 1.54) is 0 Å². The van der Waals surface area contributed by atoms with Crippen molar-refractivity contribution in [3.63, 3.8) is 0 Å². The summed E-state index contributed by atoms with van der Waals surface area (Å²) in [6, 6.07) is 10.0. The number of rotatable bonds is 7. The molecule has 1 unspecified atom stereocenters. The number of nitrogens with zero attached hydrogens (tertiary/aromatic N) is 4. The van der Waals surface area contributed by atoms with Crippen LogP contribution in [-0.2, 0) is 17.1 Å². The van der Waals surface area contributed by atoms with Crippen LogP contribution in [0, 0.1) is 0 Å². The number of hydrogen-bond donors (Lipinski definition) is 0. The molecule has 0 radical (unpaired) electrons. The number of para-hydroxylation sites is 1. The zero-order chi connectivity index (χ0) is 16.1. The zero-order valence-electron chi connectivity index (χ0n) is 13.0. The maximum absolute atomic E-state index is 5.10. The van der Waals surface area contributed by atoms with E-state index in [2.05, 4.69) is 27.6 Å². The maximum Gasteiger partial charge on any atom is 0.119 e. The van der Waals surface area contributed by atoms with Gasteiger partial charge < -0.3 is 4.74 Å². The van der Waals surface area contributed by atoms with Crippen molar-refractivity contribution in [3.8, 4) is 5.69 Å². The molecular formula is C16H18N4OS2. The number of benzene rings is 1. The molecule has 5 nitrogen and oxygen atoms in total. The van der Waals surface area contributed by atoms with Crippen LogP contribution in [0.3, 0.4) is 0 Å². The van der Waals surface area contributed by atoms with Gasteiger partial charge in [0.05, 0.1) is 29.9 Å². The average molecular weight is 346 g/mol. The van der Waals surface area contributed by atoms with E-state index < -0.39 is 0 Å². The molecule has 2 heterocycles. The van der Waals surface area contributed by atoms with Gasteiger partial charge in [-0.15, -0.1) is 28.2 Å². The average Bonchev–Trinajstić information content (AvgIpc) is 3.23. The highest BCUT2D eigenvalue weighted by Gasteiger charge is 2.12. The first-order valence-corrected chi connectivity index (χ1v) is 9.20. The Labute approximate surface area is 143 Å². The van der Waals surface area contributed by atoms with Gasteiger partial charge >= 0.3 is 0 Å². The van der Waals surface area contributed by atoms with Gasteiger partial charge in [-0.1, -0.05) is 23.4 Å². The van der Waals surface area contributed by atoms with E-state index >= 15 is 0 Å². The molecule has 7 heteroatoms. The summed E-state index contributed by atoms with van der Waals surface area (Å²) < 4.78 is 6.91. The van der Waals surface area contributed by atoms with Crippen molar-refractivity contribution in [2.24, 2.45) is 0 Å². The monoisotopic (exact) mass is 346 g/mol. The lowest BCUT2D eigenvalue weighted by molar-refractivity contribution is 0.184. The van der Waals surface area contributed by atoms with Gasteiger partial charge in [-0.05, 0) is 19.1 Å². The summed E-state index contributed by atoms with van der Waals surface area (Å²) in [6.45, 7) is 2.72. The molecule has 3 aromatic rings. The second-order valence-electron chi connectivity index (χ2n) is 5.04. The predicted molar refractivity (Wildman–Crippen MR) is 93.9 cm³/mol. The first-order chi connectivity index (χ1) is 11.3. The van der Waals surface area contributed by atoms with E-state index in [0.29, 0.717) is 6.61 Å². The summed E-state index contributed by atoms with van der Waals surface area (Å²) in [5.41, 5.74) is 3.09. The van der Waals surface area contributed by atoms with E-state index in [0.717, 1.165) is 27.8 Å². The molecule has 0 saturated carbocycles. The molecule has 120 valence electrons. The Morgan fingerprint density at radius 3 is 2.91 bits per heavy atom. The molecule has 1 aromatic carbocycles.